The molecule has 1 rings (SSSR count). The lowest BCUT2D eigenvalue weighted by Crippen LogP contribution is -2.33. The highest BCUT2D eigenvalue weighted by Crippen LogP contribution is 2.12. The van der Waals surface area contributed by atoms with Gasteiger partial charge in [0.15, 0.2) is 0 Å². The molecule has 18 heavy (non-hydrogen) atoms. The quantitative estimate of drug-likeness (QED) is 0.761. The van der Waals surface area contributed by atoms with Crippen LogP contribution >= 0.6 is 11.3 Å². The van der Waals surface area contributed by atoms with E-state index in [1.807, 2.05) is 17.5 Å². The van der Waals surface area contributed by atoms with E-state index in [-0.39, 0.29) is 18.2 Å². The Bertz CT molecular complexity index is 518. The van der Waals surface area contributed by atoms with Crippen LogP contribution in [0.5, 0.6) is 0 Å². The van der Waals surface area contributed by atoms with Crippen LogP contribution in [0.15, 0.2) is 23.1 Å². The van der Waals surface area contributed by atoms with Crippen molar-refractivity contribution in [3.8, 4) is 0 Å². The van der Waals surface area contributed by atoms with Crippen LogP contribution in [0, 0.1) is 0 Å². The molecule has 0 aromatic carbocycles. The lowest BCUT2D eigenvalue weighted by molar-refractivity contribution is -0.117. The summed E-state index contributed by atoms with van der Waals surface area (Å²) >= 11 is 1.54. The Morgan fingerprint density at radius 3 is 2.78 bits per heavy atom. The molecule has 0 radical (unpaired) electrons. The zero-order valence-corrected chi connectivity index (χ0v) is 11.9. The van der Waals surface area contributed by atoms with Gasteiger partial charge in [-0.2, -0.15) is 0 Å². The van der Waals surface area contributed by atoms with E-state index in [2.05, 4.69) is 10.0 Å². The summed E-state index contributed by atoms with van der Waals surface area (Å²) in [7, 11) is -1.93. The number of hydrogen-bond acceptors (Lipinski definition) is 4. The molecule has 0 aliphatic heterocycles. The molecule has 0 unspecified atom stereocenters. The van der Waals surface area contributed by atoms with E-state index in [4.69, 9.17) is 0 Å². The van der Waals surface area contributed by atoms with Gasteiger partial charge in [0.1, 0.15) is 0 Å². The van der Waals surface area contributed by atoms with Gasteiger partial charge in [-0.1, -0.05) is 6.07 Å². The fraction of sp³-hybridized carbons (Fsp3) is 0.364. The van der Waals surface area contributed by atoms with Gasteiger partial charge in [-0.3, -0.25) is 4.79 Å². The van der Waals surface area contributed by atoms with Crippen LogP contribution in [0.1, 0.15) is 11.8 Å². The number of amides is 1. The van der Waals surface area contributed by atoms with Crippen molar-refractivity contribution in [1.29, 1.82) is 0 Å². The second-order valence-corrected chi connectivity index (χ2v) is 6.65. The zero-order chi connectivity index (χ0) is 13.6. The Kier molecular flexibility index (Phi) is 5.52. The molecule has 0 aliphatic carbocycles. The van der Waals surface area contributed by atoms with E-state index in [9.17, 15) is 13.2 Å². The minimum absolute atomic E-state index is 0.0949. The molecule has 5 nitrogen and oxygen atoms in total. The van der Waals surface area contributed by atoms with Gasteiger partial charge in [-0.15, -0.1) is 11.3 Å². The normalized spacial score (nSPS) is 12.4. The van der Waals surface area contributed by atoms with Crippen molar-refractivity contribution in [1.82, 2.24) is 10.0 Å². The molecule has 1 aromatic heterocycles. The highest BCUT2D eigenvalue weighted by molar-refractivity contribution is 7.89. The molecule has 0 bridgehead atoms. The van der Waals surface area contributed by atoms with Gasteiger partial charge < -0.3 is 5.32 Å². The van der Waals surface area contributed by atoms with Crippen molar-refractivity contribution < 1.29 is 13.2 Å². The molecule has 1 heterocycles. The molecule has 2 N–H and O–H groups in total. The Morgan fingerprint density at radius 2 is 2.22 bits per heavy atom. The van der Waals surface area contributed by atoms with Crippen molar-refractivity contribution in [3.05, 3.63) is 28.0 Å². The largest absolute Gasteiger partial charge is 0.351 e. The third-order valence-corrected chi connectivity index (χ3v) is 4.41. The second kappa shape index (κ2) is 6.67. The van der Waals surface area contributed by atoms with Gasteiger partial charge in [0.05, 0.1) is 5.75 Å². The van der Waals surface area contributed by atoms with Crippen LogP contribution in [0.25, 0.3) is 6.08 Å². The SMILES string of the molecule is CNS(=O)(=O)CCNC(=O)/C(C)=C/c1cccs1. The first kappa shape index (κ1) is 14.9. The molecule has 100 valence electrons. The van der Waals surface area contributed by atoms with E-state index in [1.165, 1.54) is 18.4 Å². The summed E-state index contributed by atoms with van der Waals surface area (Å²) in [5, 5.41) is 4.49. The van der Waals surface area contributed by atoms with Crippen molar-refractivity contribution in [2.75, 3.05) is 19.3 Å². The fourth-order valence-electron chi connectivity index (χ4n) is 1.19. The molecule has 0 aliphatic rings. The summed E-state index contributed by atoms with van der Waals surface area (Å²) in [6, 6.07) is 3.81. The molecule has 1 aromatic rings. The summed E-state index contributed by atoms with van der Waals surface area (Å²) in [6.07, 6.45) is 1.77. The summed E-state index contributed by atoms with van der Waals surface area (Å²) in [5.74, 6) is -0.378. The van der Waals surface area contributed by atoms with E-state index in [1.54, 1.807) is 13.0 Å². The van der Waals surface area contributed by atoms with Gasteiger partial charge in [0.2, 0.25) is 15.9 Å². The van der Waals surface area contributed by atoms with Crippen LogP contribution in [-0.4, -0.2) is 33.7 Å². The number of hydrogen-bond donors (Lipinski definition) is 2. The second-order valence-electron chi connectivity index (χ2n) is 3.62. The highest BCUT2D eigenvalue weighted by atomic mass is 32.2. The van der Waals surface area contributed by atoms with Gasteiger partial charge in [-0.05, 0) is 31.5 Å². The number of carbonyl (C=O) groups excluding carboxylic acids is 1. The fourth-order valence-corrected chi connectivity index (χ4v) is 2.48. The molecule has 0 saturated heterocycles. The summed E-state index contributed by atoms with van der Waals surface area (Å²) in [6.45, 7) is 1.79. The summed E-state index contributed by atoms with van der Waals surface area (Å²) in [4.78, 5) is 12.6. The lowest BCUT2D eigenvalue weighted by atomic mass is 10.2. The number of carbonyl (C=O) groups is 1. The Hall–Kier alpha value is -1.18. The predicted molar refractivity (Wildman–Crippen MR) is 73.8 cm³/mol. The molecule has 0 spiro atoms. The predicted octanol–water partition coefficient (Wildman–Crippen LogP) is 0.817. The van der Waals surface area contributed by atoms with Crippen LogP contribution in [0.4, 0.5) is 0 Å². The number of thiophene rings is 1. The topological polar surface area (TPSA) is 75.3 Å². The van der Waals surface area contributed by atoms with Crippen LogP contribution in [0.3, 0.4) is 0 Å². The first-order valence-electron chi connectivity index (χ1n) is 5.36. The van der Waals surface area contributed by atoms with E-state index < -0.39 is 10.0 Å². The lowest BCUT2D eigenvalue weighted by Gasteiger charge is -2.05. The summed E-state index contributed by atoms with van der Waals surface area (Å²) in [5.41, 5.74) is 0.555. The molecule has 0 fully saturated rings. The van der Waals surface area contributed by atoms with Crippen molar-refractivity contribution >= 4 is 33.3 Å². The molecule has 0 saturated carbocycles. The van der Waals surface area contributed by atoms with Crippen LogP contribution in [0.2, 0.25) is 0 Å². The summed E-state index contributed by atoms with van der Waals surface area (Å²) < 4.78 is 24.5. The monoisotopic (exact) mass is 288 g/mol. The third kappa shape index (κ3) is 4.99. The molecule has 0 atom stereocenters. The van der Waals surface area contributed by atoms with Crippen molar-refractivity contribution in [3.63, 3.8) is 0 Å². The minimum atomic E-state index is -3.27. The number of nitrogens with one attached hydrogen (secondary N) is 2. The van der Waals surface area contributed by atoms with Crippen LogP contribution < -0.4 is 10.0 Å². The number of rotatable bonds is 6. The van der Waals surface area contributed by atoms with Gasteiger partial charge >= 0.3 is 0 Å². The van der Waals surface area contributed by atoms with Crippen molar-refractivity contribution in [2.24, 2.45) is 0 Å². The minimum Gasteiger partial charge on any atom is -0.351 e. The first-order chi connectivity index (χ1) is 8.44. The van der Waals surface area contributed by atoms with E-state index in [0.717, 1.165) is 4.88 Å². The molecule has 1 amide bonds. The zero-order valence-electron chi connectivity index (χ0n) is 10.3. The van der Waals surface area contributed by atoms with E-state index >= 15 is 0 Å². The maximum atomic E-state index is 11.7. The Balaban J connectivity index is 2.47. The average Bonchev–Trinajstić information content (AvgIpc) is 2.81. The van der Waals surface area contributed by atoms with Gasteiger partial charge in [0.25, 0.3) is 0 Å². The first-order valence-corrected chi connectivity index (χ1v) is 7.89. The smallest absolute Gasteiger partial charge is 0.246 e. The third-order valence-electron chi connectivity index (χ3n) is 2.23. The number of sulfonamides is 1. The van der Waals surface area contributed by atoms with E-state index in [0.29, 0.717) is 5.57 Å². The highest BCUT2D eigenvalue weighted by Gasteiger charge is 2.09. The van der Waals surface area contributed by atoms with Crippen molar-refractivity contribution in [2.45, 2.75) is 6.92 Å². The molecular weight excluding hydrogens is 272 g/mol. The Morgan fingerprint density at radius 1 is 1.50 bits per heavy atom. The molecule has 7 heteroatoms. The standard InChI is InChI=1S/C11H16N2O3S2/c1-9(8-10-4-3-6-17-10)11(14)13-5-7-18(15,16)12-2/h3-4,6,8,12H,5,7H2,1-2H3,(H,13,14)/b9-8+. The Labute approximate surface area is 111 Å². The maximum absolute atomic E-state index is 11.7. The molecular formula is C11H16N2O3S2. The van der Waals surface area contributed by atoms with Gasteiger partial charge in [-0.25, -0.2) is 13.1 Å². The van der Waals surface area contributed by atoms with Gasteiger partial charge in [0, 0.05) is 17.0 Å². The maximum Gasteiger partial charge on any atom is 0.246 e. The van der Waals surface area contributed by atoms with Crippen LogP contribution in [-0.2, 0) is 14.8 Å². The average molecular weight is 288 g/mol.